The highest BCUT2D eigenvalue weighted by atomic mass is 32.2. The second-order valence-electron chi connectivity index (χ2n) is 6.82. The maximum absolute atomic E-state index is 12.9. The fourth-order valence-corrected chi connectivity index (χ4v) is 3.80. The summed E-state index contributed by atoms with van der Waals surface area (Å²) >= 11 is 1.44. The first-order valence-electron chi connectivity index (χ1n) is 10.1. The van der Waals surface area contributed by atoms with Crippen LogP contribution in [0.5, 0.6) is 11.5 Å². The number of thioether (sulfide) groups is 1. The molecule has 3 aromatic rings. The Hall–Kier alpha value is -3.21. The summed E-state index contributed by atoms with van der Waals surface area (Å²) in [7, 11) is 1.60. The van der Waals surface area contributed by atoms with Crippen molar-refractivity contribution in [2.24, 2.45) is 0 Å². The summed E-state index contributed by atoms with van der Waals surface area (Å²) in [5.41, 5.74) is -0.754. The summed E-state index contributed by atoms with van der Waals surface area (Å²) in [6.45, 7) is 2.88. The van der Waals surface area contributed by atoms with Crippen molar-refractivity contribution in [1.29, 1.82) is 0 Å². The van der Waals surface area contributed by atoms with Gasteiger partial charge < -0.3 is 19.4 Å². The van der Waals surface area contributed by atoms with Crippen LogP contribution in [0.4, 0.5) is 18.9 Å². The average molecular weight is 481 g/mol. The molecule has 1 N–H and O–H groups in total. The van der Waals surface area contributed by atoms with Crippen LogP contribution in [0.3, 0.4) is 0 Å². The van der Waals surface area contributed by atoms with E-state index < -0.39 is 17.6 Å². The first-order chi connectivity index (χ1) is 15.8. The molecule has 33 heavy (non-hydrogen) atoms. The molecule has 11 heteroatoms. The molecule has 0 saturated carbocycles. The molecule has 176 valence electrons. The summed E-state index contributed by atoms with van der Waals surface area (Å²) in [6, 6.07) is 11.8. The van der Waals surface area contributed by atoms with Gasteiger partial charge in [-0.3, -0.25) is 4.79 Å². The minimum atomic E-state index is -4.48. The molecule has 3 rings (SSSR count). The minimum Gasteiger partial charge on any atom is -0.497 e. The number of anilines is 1. The van der Waals surface area contributed by atoms with Crippen molar-refractivity contribution in [3.8, 4) is 11.5 Å². The van der Waals surface area contributed by atoms with E-state index in [2.05, 4.69) is 15.5 Å². The number of alkyl halides is 3. The Morgan fingerprint density at radius 3 is 2.52 bits per heavy atom. The van der Waals surface area contributed by atoms with Gasteiger partial charge in [0.1, 0.15) is 17.3 Å². The molecule has 0 atom stereocenters. The third kappa shape index (κ3) is 6.88. The monoisotopic (exact) mass is 480 g/mol. The molecule has 0 saturated heterocycles. The van der Waals surface area contributed by atoms with Crippen molar-refractivity contribution in [3.05, 3.63) is 59.9 Å². The van der Waals surface area contributed by atoms with Crippen LogP contribution in [-0.2, 0) is 23.9 Å². The lowest BCUT2D eigenvalue weighted by molar-refractivity contribution is -0.137. The van der Waals surface area contributed by atoms with Crippen molar-refractivity contribution in [3.63, 3.8) is 0 Å². The standard InChI is InChI=1S/C22H23F3N4O3S/c1-3-29-19(14-20(30)26-16-6-4-5-15(13-16)22(23,24)25)27-28-21(29)33-12-11-32-18-9-7-17(31-2)8-10-18/h4-10,13H,3,11-12,14H2,1-2H3,(H,26,30). The second kappa shape index (κ2) is 11.1. The molecule has 0 spiro atoms. The van der Waals surface area contributed by atoms with E-state index in [-0.39, 0.29) is 12.1 Å². The van der Waals surface area contributed by atoms with Crippen LogP contribution < -0.4 is 14.8 Å². The zero-order valence-electron chi connectivity index (χ0n) is 18.1. The first kappa shape index (κ1) is 24.4. The van der Waals surface area contributed by atoms with Gasteiger partial charge in [-0.1, -0.05) is 17.8 Å². The number of hydrogen-bond acceptors (Lipinski definition) is 6. The number of nitrogens with zero attached hydrogens (tertiary/aromatic N) is 3. The molecule has 0 bridgehead atoms. The highest BCUT2D eigenvalue weighted by molar-refractivity contribution is 7.99. The third-order valence-electron chi connectivity index (χ3n) is 4.54. The quantitative estimate of drug-likeness (QED) is 0.335. The lowest BCUT2D eigenvalue weighted by Gasteiger charge is -2.10. The second-order valence-corrected chi connectivity index (χ2v) is 7.88. The maximum atomic E-state index is 12.9. The lowest BCUT2D eigenvalue weighted by Crippen LogP contribution is -2.18. The molecule has 1 aromatic heterocycles. The van der Waals surface area contributed by atoms with Gasteiger partial charge in [0.25, 0.3) is 0 Å². The summed E-state index contributed by atoms with van der Waals surface area (Å²) in [5, 5.41) is 11.3. The number of carbonyl (C=O) groups is 1. The average Bonchev–Trinajstić information content (AvgIpc) is 3.17. The fourth-order valence-electron chi connectivity index (χ4n) is 2.96. The Morgan fingerprint density at radius 2 is 1.85 bits per heavy atom. The van der Waals surface area contributed by atoms with Crippen LogP contribution in [-0.4, -0.2) is 40.1 Å². The van der Waals surface area contributed by atoms with Gasteiger partial charge in [0, 0.05) is 18.0 Å². The number of halogens is 3. The molecule has 0 radical (unpaired) electrons. The van der Waals surface area contributed by atoms with E-state index >= 15 is 0 Å². The number of rotatable bonds is 10. The molecular formula is C22H23F3N4O3S. The molecule has 0 aliphatic heterocycles. The summed E-state index contributed by atoms with van der Waals surface area (Å²) in [4.78, 5) is 12.4. The van der Waals surface area contributed by atoms with E-state index in [1.165, 1.54) is 23.9 Å². The molecule has 0 unspecified atom stereocenters. The number of methoxy groups -OCH3 is 1. The van der Waals surface area contributed by atoms with Gasteiger partial charge in [0.15, 0.2) is 5.16 Å². The number of ether oxygens (including phenoxy) is 2. The lowest BCUT2D eigenvalue weighted by atomic mass is 10.2. The number of benzene rings is 2. The SMILES string of the molecule is CCn1c(CC(=O)Nc2cccc(C(F)(F)F)c2)nnc1SCCOc1ccc(OC)cc1. The van der Waals surface area contributed by atoms with Crippen molar-refractivity contribution in [1.82, 2.24) is 14.8 Å². The number of carbonyl (C=O) groups excluding carboxylic acids is 1. The molecule has 7 nitrogen and oxygen atoms in total. The van der Waals surface area contributed by atoms with Crippen molar-refractivity contribution >= 4 is 23.4 Å². The summed E-state index contributed by atoms with van der Waals surface area (Å²) in [6.07, 6.45) is -4.59. The van der Waals surface area contributed by atoms with E-state index in [1.807, 2.05) is 31.2 Å². The smallest absolute Gasteiger partial charge is 0.416 e. The van der Waals surface area contributed by atoms with Gasteiger partial charge in [0.05, 0.1) is 25.7 Å². The minimum absolute atomic E-state index is 0.0719. The summed E-state index contributed by atoms with van der Waals surface area (Å²) in [5.74, 6) is 2.04. The van der Waals surface area contributed by atoms with Crippen molar-refractivity contribution in [2.75, 3.05) is 24.8 Å². The van der Waals surface area contributed by atoms with Gasteiger partial charge in [0.2, 0.25) is 5.91 Å². The van der Waals surface area contributed by atoms with Gasteiger partial charge in [-0.15, -0.1) is 10.2 Å². The maximum Gasteiger partial charge on any atom is 0.416 e. The molecule has 2 aromatic carbocycles. The molecule has 1 amide bonds. The van der Waals surface area contributed by atoms with Gasteiger partial charge in [-0.25, -0.2) is 0 Å². The molecule has 1 heterocycles. The van der Waals surface area contributed by atoms with E-state index in [0.29, 0.717) is 29.9 Å². The Balaban J connectivity index is 1.53. The normalized spacial score (nSPS) is 11.3. The molecule has 0 aliphatic carbocycles. The highest BCUT2D eigenvalue weighted by Gasteiger charge is 2.30. The summed E-state index contributed by atoms with van der Waals surface area (Å²) < 4.78 is 51.2. The highest BCUT2D eigenvalue weighted by Crippen LogP contribution is 2.30. The fraction of sp³-hybridized carbons (Fsp3) is 0.318. The predicted molar refractivity (Wildman–Crippen MR) is 119 cm³/mol. The Bertz CT molecular complexity index is 1070. The topological polar surface area (TPSA) is 78.3 Å². The zero-order valence-corrected chi connectivity index (χ0v) is 18.9. The Labute approximate surface area is 193 Å². The van der Waals surface area contributed by atoms with Crippen LogP contribution in [0.2, 0.25) is 0 Å². The predicted octanol–water partition coefficient (Wildman–Crippen LogP) is 4.68. The van der Waals surface area contributed by atoms with Gasteiger partial charge >= 0.3 is 6.18 Å². The Morgan fingerprint density at radius 1 is 1.12 bits per heavy atom. The van der Waals surface area contributed by atoms with Crippen LogP contribution in [0.25, 0.3) is 0 Å². The molecular weight excluding hydrogens is 457 g/mol. The Kier molecular flexibility index (Phi) is 8.21. The van der Waals surface area contributed by atoms with E-state index in [1.54, 1.807) is 11.7 Å². The van der Waals surface area contributed by atoms with Crippen LogP contribution in [0, 0.1) is 0 Å². The number of amides is 1. The molecule has 0 fully saturated rings. The van der Waals surface area contributed by atoms with Crippen LogP contribution in [0.1, 0.15) is 18.3 Å². The van der Waals surface area contributed by atoms with Crippen molar-refractivity contribution < 1.29 is 27.4 Å². The van der Waals surface area contributed by atoms with Crippen LogP contribution in [0.15, 0.2) is 53.7 Å². The van der Waals surface area contributed by atoms with E-state index in [0.717, 1.165) is 23.6 Å². The number of nitrogens with one attached hydrogen (secondary N) is 1. The largest absolute Gasteiger partial charge is 0.497 e. The van der Waals surface area contributed by atoms with E-state index in [4.69, 9.17) is 9.47 Å². The number of aromatic nitrogens is 3. The van der Waals surface area contributed by atoms with Crippen LogP contribution >= 0.6 is 11.8 Å². The third-order valence-corrected chi connectivity index (χ3v) is 5.48. The van der Waals surface area contributed by atoms with E-state index in [9.17, 15) is 18.0 Å². The number of hydrogen-bond donors (Lipinski definition) is 1. The first-order valence-corrected chi connectivity index (χ1v) is 11.1. The van der Waals surface area contributed by atoms with Gasteiger partial charge in [-0.05, 0) is 49.4 Å². The van der Waals surface area contributed by atoms with Crippen molar-refractivity contribution in [2.45, 2.75) is 31.2 Å². The van der Waals surface area contributed by atoms with Gasteiger partial charge in [-0.2, -0.15) is 13.2 Å². The zero-order chi connectivity index (χ0) is 23.8. The molecule has 0 aliphatic rings.